The number of hydrogen-bond donors (Lipinski definition) is 2. The molecule has 0 atom stereocenters. The van der Waals surface area contributed by atoms with Gasteiger partial charge in [0.25, 0.3) is 5.91 Å². The van der Waals surface area contributed by atoms with Crippen molar-refractivity contribution in [2.75, 3.05) is 17.7 Å². The fraction of sp³-hybridized carbons (Fsp3) is 0.0588. The van der Waals surface area contributed by atoms with Crippen molar-refractivity contribution in [3.05, 3.63) is 66.4 Å². The van der Waals surface area contributed by atoms with Gasteiger partial charge < -0.3 is 15.4 Å². The number of nitrogens with one attached hydrogen (secondary N) is 2. The molecule has 0 heterocycles. The van der Waals surface area contributed by atoms with Crippen LogP contribution in [-0.2, 0) is 4.79 Å². The van der Waals surface area contributed by atoms with Crippen LogP contribution in [0.15, 0.2) is 66.4 Å². The van der Waals surface area contributed by atoms with E-state index in [0.29, 0.717) is 11.4 Å². The van der Waals surface area contributed by atoms with Gasteiger partial charge in [-0.1, -0.05) is 24.3 Å². The molecule has 5 nitrogen and oxygen atoms in total. The monoisotopic (exact) mass is 293 g/mol. The number of anilines is 2. The van der Waals surface area contributed by atoms with Crippen LogP contribution in [0.2, 0.25) is 0 Å². The Bertz CT molecular complexity index is 718. The van der Waals surface area contributed by atoms with Crippen LogP contribution in [0.5, 0.6) is 5.75 Å². The fourth-order valence-electron chi connectivity index (χ4n) is 1.74. The highest BCUT2D eigenvalue weighted by atomic mass is 16.5. The fourth-order valence-corrected chi connectivity index (χ4v) is 1.74. The van der Waals surface area contributed by atoms with E-state index < -0.39 is 5.91 Å². The molecule has 5 heteroatoms. The Kier molecular flexibility index (Phi) is 5.16. The minimum absolute atomic E-state index is 0.0216. The van der Waals surface area contributed by atoms with Gasteiger partial charge in [-0.05, 0) is 24.3 Å². The summed E-state index contributed by atoms with van der Waals surface area (Å²) in [6, 6.07) is 18.0. The van der Waals surface area contributed by atoms with Gasteiger partial charge >= 0.3 is 0 Å². The minimum atomic E-state index is -0.468. The lowest BCUT2D eigenvalue weighted by Crippen LogP contribution is -2.14. The van der Waals surface area contributed by atoms with Gasteiger partial charge in [0.1, 0.15) is 17.4 Å². The van der Waals surface area contributed by atoms with Crippen LogP contribution in [0.3, 0.4) is 0 Å². The van der Waals surface area contributed by atoms with Crippen molar-refractivity contribution >= 4 is 17.3 Å². The Morgan fingerprint density at radius 3 is 2.55 bits per heavy atom. The largest absolute Gasteiger partial charge is 0.497 e. The first-order chi connectivity index (χ1) is 10.7. The average molecular weight is 293 g/mol. The zero-order chi connectivity index (χ0) is 15.8. The predicted octanol–water partition coefficient (Wildman–Crippen LogP) is 3.15. The van der Waals surface area contributed by atoms with Crippen LogP contribution >= 0.6 is 0 Å². The standard InChI is InChI=1S/C17H15N3O2/c1-22-16-9-5-8-15(10-16)19-12-13(11-18)17(21)20-14-6-3-2-4-7-14/h2-10,12,19H,1H3,(H,20,21). The minimum Gasteiger partial charge on any atom is -0.497 e. The van der Waals surface area contributed by atoms with Crippen LogP contribution in [0.4, 0.5) is 11.4 Å². The molecule has 0 aliphatic rings. The maximum atomic E-state index is 12.0. The highest BCUT2D eigenvalue weighted by Gasteiger charge is 2.08. The van der Waals surface area contributed by atoms with Gasteiger partial charge in [0.05, 0.1) is 7.11 Å². The number of ether oxygens (including phenoxy) is 1. The summed E-state index contributed by atoms with van der Waals surface area (Å²) in [5, 5.41) is 14.7. The first-order valence-electron chi connectivity index (χ1n) is 6.60. The van der Waals surface area contributed by atoms with Gasteiger partial charge in [0.2, 0.25) is 0 Å². The molecule has 2 rings (SSSR count). The first kappa shape index (κ1) is 15.1. The number of carbonyl (C=O) groups excluding carboxylic acids is 1. The number of rotatable bonds is 5. The molecule has 0 unspecified atom stereocenters. The Labute approximate surface area is 128 Å². The van der Waals surface area contributed by atoms with E-state index in [9.17, 15) is 4.79 Å². The van der Waals surface area contributed by atoms with Crippen molar-refractivity contribution in [2.45, 2.75) is 0 Å². The zero-order valence-electron chi connectivity index (χ0n) is 12.0. The molecule has 0 aliphatic carbocycles. The van der Waals surface area contributed by atoms with Crippen molar-refractivity contribution in [3.8, 4) is 11.8 Å². The molecule has 0 fully saturated rings. The number of benzene rings is 2. The molecule has 2 aromatic rings. The summed E-state index contributed by atoms with van der Waals surface area (Å²) in [5.41, 5.74) is 1.33. The quantitative estimate of drug-likeness (QED) is 0.656. The summed E-state index contributed by atoms with van der Waals surface area (Å²) in [6.07, 6.45) is 1.37. The SMILES string of the molecule is COc1cccc(NC=C(C#N)C(=O)Nc2ccccc2)c1. The van der Waals surface area contributed by atoms with E-state index >= 15 is 0 Å². The molecule has 2 aromatic carbocycles. The van der Waals surface area contributed by atoms with Crippen molar-refractivity contribution in [1.29, 1.82) is 5.26 Å². The lowest BCUT2D eigenvalue weighted by atomic mass is 10.2. The van der Waals surface area contributed by atoms with E-state index in [2.05, 4.69) is 10.6 Å². The van der Waals surface area contributed by atoms with Crippen LogP contribution in [0.1, 0.15) is 0 Å². The van der Waals surface area contributed by atoms with E-state index in [1.165, 1.54) is 6.20 Å². The maximum absolute atomic E-state index is 12.0. The van der Waals surface area contributed by atoms with Crippen molar-refractivity contribution in [2.24, 2.45) is 0 Å². The first-order valence-corrected chi connectivity index (χ1v) is 6.60. The molecular formula is C17H15N3O2. The van der Waals surface area contributed by atoms with Crippen LogP contribution in [-0.4, -0.2) is 13.0 Å². The third-order valence-electron chi connectivity index (χ3n) is 2.85. The molecular weight excluding hydrogens is 278 g/mol. The smallest absolute Gasteiger partial charge is 0.267 e. The maximum Gasteiger partial charge on any atom is 0.267 e. The molecule has 22 heavy (non-hydrogen) atoms. The van der Waals surface area contributed by atoms with Gasteiger partial charge in [-0.3, -0.25) is 4.79 Å². The number of nitriles is 1. The number of carbonyl (C=O) groups is 1. The molecule has 0 bridgehead atoms. The van der Waals surface area contributed by atoms with Gasteiger partial charge in [-0.25, -0.2) is 0 Å². The second-order valence-electron chi connectivity index (χ2n) is 4.37. The van der Waals surface area contributed by atoms with Gasteiger partial charge in [0, 0.05) is 23.6 Å². The lowest BCUT2D eigenvalue weighted by Gasteiger charge is -2.06. The predicted molar refractivity (Wildman–Crippen MR) is 85.4 cm³/mol. The normalized spacial score (nSPS) is 10.5. The topological polar surface area (TPSA) is 74.1 Å². The molecule has 0 saturated carbocycles. The highest BCUT2D eigenvalue weighted by molar-refractivity contribution is 6.06. The van der Waals surface area contributed by atoms with Crippen LogP contribution in [0, 0.1) is 11.3 Å². The van der Waals surface area contributed by atoms with E-state index in [1.807, 2.05) is 30.3 Å². The van der Waals surface area contributed by atoms with E-state index in [4.69, 9.17) is 10.00 Å². The number of methoxy groups -OCH3 is 1. The summed E-state index contributed by atoms with van der Waals surface area (Å²) in [5.74, 6) is 0.217. The Morgan fingerprint density at radius 1 is 1.14 bits per heavy atom. The third kappa shape index (κ3) is 4.12. The van der Waals surface area contributed by atoms with Crippen LogP contribution in [0.25, 0.3) is 0 Å². The Balaban J connectivity index is 2.07. The molecule has 2 N–H and O–H groups in total. The molecule has 1 amide bonds. The van der Waals surface area contributed by atoms with Crippen molar-refractivity contribution in [3.63, 3.8) is 0 Å². The van der Waals surface area contributed by atoms with E-state index in [-0.39, 0.29) is 5.57 Å². The number of amides is 1. The molecule has 110 valence electrons. The van der Waals surface area contributed by atoms with Gasteiger partial charge in [-0.15, -0.1) is 0 Å². The Hall–Kier alpha value is -3.26. The van der Waals surface area contributed by atoms with Crippen molar-refractivity contribution in [1.82, 2.24) is 0 Å². The van der Waals surface area contributed by atoms with Gasteiger partial charge in [0.15, 0.2) is 0 Å². The van der Waals surface area contributed by atoms with E-state index in [0.717, 1.165) is 5.69 Å². The average Bonchev–Trinajstić information content (AvgIpc) is 2.56. The van der Waals surface area contributed by atoms with Crippen molar-refractivity contribution < 1.29 is 9.53 Å². The van der Waals surface area contributed by atoms with Gasteiger partial charge in [-0.2, -0.15) is 5.26 Å². The lowest BCUT2D eigenvalue weighted by molar-refractivity contribution is -0.112. The zero-order valence-corrected chi connectivity index (χ0v) is 12.0. The molecule has 0 radical (unpaired) electrons. The van der Waals surface area contributed by atoms with Crippen LogP contribution < -0.4 is 15.4 Å². The molecule has 0 aromatic heterocycles. The molecule has 0 saturated heterocycles. The van der Waals surface area contributed by atoms with E-state index in [1.54, 1.807) is 37.4 Å². The summed E-state index contributed by atoms with van der Waals surface area (Å²) in [4.78, 5) is 12.0. The number of para-hydroxylation sites is 1. The third-order valence-corrected chi connectivity index (χ3v) is 2.85. The molecule has 0 spiro atoms. The molecule has 0 aliphatic heterocycles. The number of hydrogen-bond acceptors (Lipinski definition) is 4. The summed E-state index contributed by atoms with van der Waals surface area (Å²) < 4.78 is 5.11. The summed E-state index contributed by atoms with van der Waals surface area (Å²) in [7, 11) is 1.57. The number of nitrogens with zero attached hydrogens (tertiary/aromatic N) is 1. The summed E-state index contributed by atoms with van der Waals surface area (Å²) >= 11 is 0. The summed E-state index contributed by atoms with van der Waals surface area (Å²) in [6.45, 7) is 0. The second kappa shape index (κ2) is 7.50. The second-order valence-corrected chi connectivity index (χ2v) is 4.37. The highest BCUT2D eigenvalue weighted by Crippen LogP contribution is 2.17. The Morgan fingerprint density at radius 2 is 1.86 bits per heavy atom.